The van der Waals surface area contributed by atoms with Gasteiger partial charge < -0.3 is 14.2 Å². The second-order valence-corrected chi connectivity index (χ2v) is 8.30. The van der Waals surface area contributed by atoms with Crippen LogP contribution in [0.3, 0.4) is 0 Å². The van der Waals surface area contributed by atoms with Gasteiger partial charge in [0.25, 0.3) is 5.91 Å². The third kappa shape index (κ3) is 4.24. The van der Waals surface area contributed by atoms with Crippen molar-refractivity contribution in [3.8, 4) is 17.1 Å². The summed E-state index contributed by atoms with van der Waals surface area (Å²) in [7, 11) is 1.61. The number of hydrogen-bond donors (Lipinski definition) is 0. The molecule has 0 bridgehead atoms. The normalized spacial score (nSPS) is 16.2. The summed E-state index contributed by atoms with van der Waals surface area (Å²) in [6.07, 6.45) is 6.43. The average Bonchev–Trinajstić information content (AvgIpc) is 3.16. The van der Waals surface area contributed by atoms with E-state index in [0.29, 0.717) is 23.6 Å². The van der Waals surface area contributed by atoms with E-state index in [1.807, 2.05) is 43.1 Å². The Kier molecular flexibility index (Phi) is 6.53. The first kappa shape index (κ1) is 22.0. The highest BCUT2D eigenvalue weighted by molar-refractivity contribution is 5.95. The maximum Gasteiger partial charge on any atom is 0.254 e. The van der Waals surface area contributed by atoms with Crippen LogP contribution in [0.25, 0.3) is 11.3 Å². The molecule has 1 amide bonds. The molecule has 168 valence electrons. The van der Waals surface area contributed by atoms with Gasteiger partial charge in [-0.2, -0.15) is 0 Å². The van der Waals surface area contributed by atoms with Gasteiger partial charge in [-0.15, -0.1) is 0 Å². The minimum Gasteiger partial charge on any atom is -0.497 e. The molecule has 0 unspecified atom stereocenters. The van der Waals surface area contributed by atoms with Crippen LogP contribution in [-0.4, -0.2) is 39.6 Å². The predicted molar refractivity (Wildman–Crippen MR) is 122 cm³/mol. The summed E-state index contributed by atoms with van der Waals surface area (Å²) in [5.41, 5.74) is 4.10. The summed E-state index contributed by atoms with van der Waals surface area (Å²) in [6.45, 7) is 6.71. The van der Waals surface area contributed by atoms with Crippen molar-refractivity contribution >= 4 is 5.91 Å². The number of methoxy groups -OCH3 is 1. The molecular formula is C25H30N4O3. The van der Waals surface area contributed by atoms with Crippen molar-refractivity contribution < 1.29 is 14.1 Å². The Balaban J connectivity index is 1.79. The number of aryl methyl sites for hydroxylation is 2. The Morgan fingerprint density at radius 2 is 2.12 bits per heavy atom. The number of ether oxygens (including phenoxy) is 1. The molecule has 7 nitrogen and oxygen atoms in total. The second kappa shape index (κ2) is 9.51. The molecule has 0 spiro atoms. The first-order valence-electron chi connectivity index (χ1n) is 11.3. The zero-order chi connectivity index (χ0) is 22.7. The van der Waals surface area contributed by atoms with Gasteiger partial charge in [-0.3, -0.25) is 4.79 Å². The van der Waals surface area contributed by atoms with Gasteiger partial charge in [-0.1, -0.05) is 18.1 Å². The summed E-state index contributed by atoms with van der Waals surface area (Å²) in [6, 6.07) is 7.17. The molecule has 0 saturated carbocycles. The molecule has 0 N–H and O–H groups in total. The zero-order valence-electron chi connectivity index (χ0n) is 19.2. The number of benzene rings is 1. The van der Waals surface area contributed by atoms with Crippen LogP contribution < -0.4 is 4.74 Å². The Labute approximate surface area is 188 Å². The van der Waals surface area contributed by atoms with Crippen LogP contribution in [0.15, 0.2) is 35.0 Å². The Morgan fingerprint density at radius 3 is 2.84 bits per heavy atom. The van der Waals surface area contributed by atoms with Gasteiger partial charge >= 0.3 is 0 Å². The molecule has 7 heteroatoms. The van der Waals surface area contributed by atoms with Gasteiger partial charge in [0.2, 0.25) is 0 Å². The van der Waals surface area contributed by atoms with Gasteiger partial charge in [0.05, 0.1) is 30.1 Å². The van der Waals surface area contributed by atoms with E-state index >= 15 is 0 Å². The lowest BCUT2D eigenvalue weighted by Gasteiger charge is -2.36. The Hall–Kier alpha value is -3.22. The largest absolute Gasteiger partial charge is 0.497 e. The minimum absolute atomic E-state index is 0.0133. The van der Waals surface area contributed by atoms with Crippen molar-refractivity contribution in [2.24, 2.45) is 0 Å². The topological polar surface area (TPSA) is 81.4 Å². The third-order valence-electron chi connectivity index (χ3n) is 6.14. The van der Waals surface area contributed by atoms with E-state index in [1.54, 1.807) is 13.2 Å². The number of nitrogens with zero attached hydrogens (tertiary/aromatic N) is 4. The maximum absolute atomic E-state index is 13.6. The number of piperidine rings is 1. The van der Waals surface area contributed by atoms with Crippen molar-refractivity contribution in [3.05, 3.63) is 58.8 Å². The molecular weight excluding hydrogens is 404 g/mol. The predicted octanol–water partition coefficient (Wildman–Crippen LogP) is 5.08. The van der Waals surface area contributed by atoms with E-state index in [1.165, 1.54) is 0 Å². The highest BCUT2D eigenvalue weighted by Crippen LogP contribution is 2.38. The smallest absolute Gasteiger partial charge is 0.254 e. The van der Waals surface area contributed by atoms with Gasteiger partial charge in [0, 0.05) is 30.3 Å². The quantitative estimate of drug-likeness (QED) is 0.538. The lowest BCUT2D eigenvalue weighted by molar-refractivity contribution is 0.0605. The highest BCUT2D eigenvalue weighted by atomic mass is 16.5. The van der Waals surface area contributed by atoms with Crippen molar-refractivity contribution in [1.82, 2.24) is 20.0 Å². The van der Waals surface area contributed by atoms with Crippen LogP contribution in [0.4, 0.5) is 0 Å². The fraction of sp³-hybridized carbons (Fsp3) is 0.440. The molecule has 3 aromatic rings. The summed E-state index contributed by atoms with van der Waals surface area (Å²) < 4.78 is 11.0. The van der Waals surface area contributed by atoms with E-state index in [0.717, 1.165) is 60.4 Å². The molecule has 0 aliphatic carbocycles. The van der Waals surface area contributed by atoms with Crippen molar-refractivity contribution in [1.29, 1.82) is 0 Å². The van der Waals surface area contributed by atoms with E-state index in [9.17, 15) is 4.79 Å². The maximum atomic E-state index is 13.6. The number of rotatable bonds is 6. The SMILES string of the molecule is CCCc1ncc(-c2onc(C)c2C)c([C@@H]2CCCCN2C(=O)c2cccc(OC)c2)n1. The van der Waals surface area contributed by atoms with Crippen molar-refractivity contribution in [3.63, 3.8) is 0 Å². The van der Waals surface area contributed by atoms with Crippen LogP contribution in [-0.2, 0) is 6.42 Å². The summed E-state index contributed by atoms with van der Waals surface area (Å²) >= 11 is 0. The fourth-order valence-electron chi connectivity index (χ4n) is 4.25. The van der Waals surface area contributed by atoms with Gasteiger partial charge in [-0.25, -0.2) is 9.97 Å². The molecule has 4 rings (SSSR count). The van der Waals surface area contributed by atoms with Crippen LogP contribution >= 0.6 is 0 Å². The molecule has 1 saturated heterocycles. The molecule has 2 aromatic heterocycles. The van der Waals surface area contributed by atoms with Crippen LogP contribution in [0.5, 0.6) is 5.75 Å². The van der Waals surface area contributed by atoms with E-state index < -0.39 is 0 Å². The summed E-state index contributed by atoms with van der Waals surface area (Å²) in [5.74, 6) is 2.13. The van der Waals surface area contributed by atoms with E-state index in [2.05, 4.69) is 17.1 Å². The highest BCUT2D eigenvalue weighted by Gasteiger charge is 2.33. The molecule has 1 aromatic carbocycles. The molecule has 1 fully saturated rings. The summed E-state index contributed by atoms with van der Waals surface area (Å²) in [5, 5.41) is 4.13. The van der Waals surface area contributed by atoms with Crippen LogP contribution in [0, 0.1) is 13.8 Å². The Bertz CT molecular complexity index is 1110. The molecule has 0 radical (unpaired) electrons. The summed E-state index contributed by atoms with van der Waals surface area (Å²) in [4.78, 5) is 25.1. The standard InChI is InChI=1S/C25H30N4O3/c1-5-9-22-26-15-20(24-16(2)17(3)28-32-24)23(27-22)21-12-6-7-13-29(21)25(30)18-10-8-11-19(14-18)31-4/h8,10-11,14-15,21H,5-7,9,12-13H2,1-4H3/t21-/m0/s1. The van der Waals surface area contributed by atoms with Gasteiger partial charge in [0.15, 0.2) is 5.76 Å². The van der Waals surface area contributed by atoms with Gasteiger partial charge in [0.1, 0.15) is 11.6 Å². The van der Waals surface area contributed by atoms with E-state index in [4.69, 9.17) is 14.2 Å². The number of amides is 1. The third-order valence-corrected chi connectivity index (χ3v) is 6.14. The lowest BCUT2D eigenvalue weighted by Crippen LogP contribution is -2.39. The number of likely N-dealkylation sites (tertiary alicyclic amines) is 1. The first-order chi connectivity index (χ1) is 15.5. The number of aromatic nitrogens is 3. The molecule has 1 aliphatic heterocycles. The second-order valence-electron chi connectivity index (χ2n) is 8.30. The molecule has 1 aliphatic rings. The van der Waals surface area contributed by atoms with Gasteiger partial charge in [-0.05, 0) is 57.7 Å². The monoisotopic (exact) mass is 434 g/mol. The first-order valence-corrected chi connectivity index (χ1v) is 11.3. The number of carbonyl (C=O) groups is 1. The van der Waals surface area contributed by atoms with Crippen LogP contribution in [0.2, 0.25) is 0 Å². The number of hydrogen-bond acceptors (Lipinski definition) is 6. The fourth-order valence-corrected chi connectivity index (χ4v) is 4.25. The molecule has 1 atom stereocenters. The molecule has 32 heavy (non-hydrogen) atoms. The van der Waals surface area contributed by atoms with E-state index in [-0.39, 0.29) is 11.9 Å². The number of carbonyl (C=O) groups excluding carboxylic acids is 1. The lowest BCUT2D eigenvalue weighted by atomic mass is 9.94. The van der Waals surface area contributed by atoms with Crippen molar-refractivity contribution in [2.75, 3.05) is 13.7 Å². The average molecular weight is 435 g/mol. The van der Waals surface area contributed by atoms with Crippen molar-refractivity contribution in [2.45, 2.75) is 58.9 Å². The zero-order valence-corrected chi connectivity index (χ0v) is 19.2. The minimum atomic E-state index is -0.152. The van der Waals surface area contributed by atoms with Crippen LogP contribution in [0.1, 0.15) is 71.8 Å². The molecule has 3 heterocycles. The Morgan fingerprint density at radius 1 is 1.28 bits per heavy atom.